The van der Waals surface area contributed by atoms with Gasteiger partial charge in [-0.2, -0.15) is 0 Å². The van der Waals surface area contributed by atoms with Crippen LogP contribution in [0.4, 0.5) is 4.39 Å². The molecule has 2 unspecified atom stereocenters. The molecule has 148 valence electrons. The van der Waals surface area contributed by atoms with E-state index < -0.39 is 12.5 Å². The van der Waals surface area contributed by atoms with Crippen LogP contribution < -0.4 is 0 Å². The van der Waals surface area contributed by atoms with Crippen molar-refractivity contribution >= 4 is 23.2 Å². The predicted octanol–water partition coefficient (Wildman–Crippen LogP) is 4.79. The third-order valence-electron chi connectivity index (χ3n) is 3.92. The Morgan fingerprint density at radius 1 is 1.04 bits per heavy atom. The first kappa shape index (κ1) is 22.1. The Hall–Kier alpha value is -1.21. The Kier molecular flexibility index (Phi) is 9.48. The van der Waals surface area contributed by atoms with Crippen LogP contribution in [-0.2, 0) is 27.4 Å². The summed E-state index contributed by atoms with van der Waals surface area (Å²) in [7, 11) is 1.44. The fraction of sp³-hybridized carbons (Fsp3) is 0.400. The van der Waals surface area contributed by atoms with Crippen molar-refractivity contribution in [2.75, 3.05) is 13.7 Å². The van der Waals surface area contributed by atoms with Gasteiger partial charge >= 0.3 is 0 Å². The first-order valence-electron chi connectivity index (χ1n) is 8.51. The molecule has 7 heteroatoms. The van der Waals surface area contributed by atoms with Gasteiger partial charge in [0, 0.05) is 23.6 Å². The lowest BCUT2D eigenvalue weighted by molar-refractivity contribution is -0.145. The van der Waals surface area contributed by atoms with E-state index in [2.05, 4.69) is 0 Å². The maximum atomic E-state index is 13.3. The molecule has 0 amide bonds. The number of hydrogen-bond donors (Lipinski definition) is 1. The molecule has 0 radical (unpaired) electrons. The molecule has 1 aliphatic rings. The molecular weight excluding hydrogens is 394 g/mol. The van der Waals surface area contributed by atoms with Gasteiger partial charge in [0.05, 0.1) is 25.9 Å². The molecular formula is C20H23Cl2FO4. The summed E-state index contributed by atoms with van der Waals surface area (Å²) in [4.78, 5) is 0. The van der Waals surface area contributed by atoms with Crippen LogP contribution >= 0.6 is 23.2 Å². The quantitative estimate of drug-likeness (QED) is 0.735. The molecule has 3 atom stereocenters. The largest absolute Gasteiger partial charge is 0.392 e. The molecule has 1 heterocycles. The van der Waals surface area contributed by atoms with E-state index in [0.29, 0.717) is 29.7 Å². The lowest BCUT2D eigenvalue weighted by Gasteiger charge is -2.12. The topological polar surface area (TPSA) is 47.9 Å². The van der Waals surface area contributed by atoms with Gasteiger partial charge in [0.25, 0.3) is 0 Å². The molecule has 2 aromatic rings. The summed E-state index contributed by atoms with van der Waals surface area (Å²) in [6.07, 6.45) is -1.75. The first-order valence-corrected chi connectivity index (χ1v) is 9.27. The highest BCUT2D eigenvalue weighted by atomic mass is 35.5. The van der Waals surface area contributed by atoms with Gasteiger partial charge in [-0.3, -0.25) is 0 Å². The lowest BCUT2D eigenvalue weighted by Crippen LogP contribution is -2.20. The van der Waals surface area contributed by atoms with Crippen LogP contribution in [0.1, 0.15) is 17.5 Å². The van der Waals surface area contributed by atoms with E-state index in [4.69, 9.17) is 42.5 Å². The van der Waals surface area contributed by atoms with Gasteiger partial charge in [-0.1, -0.05) is 47.5 Å². The third-order valence-corrected chi connectivity index (χ3v) is 4.43. The second kappa shape index (κ2) is 11.6. The summed E-state index contributed by atoms with van der Waals surface area (Å²) in [6, 6.07) is 14.5. The van der Waals surface area contributed by atoms with E-state index >= 15 is 0 Å². The number of aliphatic hydroxyl groups excluding tert-OH is 1. The number of benzene rings is 2. The minimum Gasteiger partial charge on any atom is -0.392 e. The SMILES string of the molecule is COC1OC(COCc2ccc(Cl)cc2)C[C@@H]1F.OCc1ccc(Cl)cc1. The molecule has 0 bridgehead atoms. The molecule has 1 N–H and O–H groups in total. The van der Waals surface area contributed by atoms with Crippen molar-refractivity contribution in [3.05, 3.63) is 69.7 Å². The Balaban J connectivity index is 0.000000244. The van der Waals surface area contributed by atoms with Gasteiger partial charge in [0.1, 0.15) is 0 Å². The number of hydrogen-bond acceptors (Lipinski definition) is 4. The summed E-state index contributed by atoms with van der Waals surface area (Å²) in [5.41, 5.74) is 1.91. The molecule has 0 aromatic heterocycles. The Morgan fingerprint density at radius 3 is 2.07 bits per heavy atom. The average molecular weight is 417 g/mol. The van der Waals surface area contributed by atoms with Gasteiger partial charge < -0.3 is 19.3 Å². The second-order valence-corrected chi connectivity index (χ2v) is 6.91. The molecule has 1 saturated heterocycles. The molecule has 0 aliphatic carbocycles. The van der Waals surface area contributed by atoms with Crippen molar-refractivity contribution in [2.45, 2.75) is 38.2 Å². The lowest BCUT2D eigenvalue weighted by atomic mass is 10.2. The highest BCUT2D eigenvalue weighted by Crippen LogP contribution is 2.24. The van der Waals surface area contributed by atoms with Crippen LogP contribution in [0.25, 0.3) is 0 Å². The maximum absolute atomic E-state index is 13.3. The van der Waals surface area contributed by atoms with Crippen LogP contribution in [0.5, 0.6) is 0 Å². The molecule has 3 rings (SSSR count). The van der Waals surface area contributed by atoms with E-state index in [1.807, 2.05) is 24.3 Å². The van der Waals surface area contributed by atoms with Gasteiger partial charge in [-0.05, 0) is 35.4 Å². The van der Waals surface area contributed by atoms with E-state index in [-0.39, 0.29) is 12.7 Å². The Morgan fingerprint density at radius 2 is 1.59 bits per heavy atom. The fourth-order valence-electron chi connectivity index (χ4n) is 2.48. The van der Waals surface area contributed by atoms with Crippen molar-refractivity contribution in [1.82, 2.24) is 0 Å². The summed E-state index contributed by atoms with van der Waals surface area (Å²) in [6.45, 7) is 0.908. The second-order valence-electron chi connectivity index (χ2n) is 6.04. The van der Waals surface area contributed by atoms with E-state index in [1.165, 1.54) is 7.11 Å². The molecule has 1 fully saturated rings. The van der Waals surface area contributed by atoms with E-state index in [1.54, 1.807) is 24.3 Å². The number of ether oxygens (including phenoxy) is 3. The first-order chi connectivity index (χ1) is 13.0. The summed E-state index contributed by atoms with van der Waals surface area (Å²) >= 11 is 11.4. The van der Waals surface area contributed by atoms with Gasteiger partial charge in [0.2, 0.25) is 0 Å². The molecule has 27 heavy (non-hydrogen) atoms. The molecule has 4 nitrogen and oxygen atoms in total. The smallest absolute Gasteiger partial charge is 0.188 e. The number of methoxy groups -OCH3 is 1. The fourth-order valence-corrected chi connectivity index (χ4v) is 2.73. The van der Waals surface area contributed by atoms with Crippen molar-refractivity contribution in [3.8, 4) is 0 Å². The Labute approximate surface area is 168 Å². The average Bonchev–Trinajstić information content (AvgIpc) is 3.04. The van der Waals surface area contributed by atoms with Crippen molar-refractivity contribution in [1.29, 1.82) is 0 Å². The highest BCUT2D eigenvalue weighted by molar-refractivity contribution is 6.30. The molecule has 0 spiro atoms. The summed E-state index contributed by atoms with van der Waals surface area (Å²) in [5.74, 6) is 0. The minimum absolute atomic E-state index is 0.0805. The zero-order valence-electron chi connectivity index (χ0n) is 15.0. The number of alkyl halides is 1. The minimum atomic E-state index is -1.07. The number of aliphatic hydroxyl groups is 1. The van der Waals surface area contributed by atoms with Crippen molar-refractivity contribution in [2.24, 2.45) is 0 Å². The number of rotatable bonds is 6. The highest BCUT2D eigenvalue weighted by Gasteiger charge is 2.35. The molecule has 0 saturated carbocycles. The standard InChI is InChI=1S/C13H16ClFO3.C7H7ClO/c1-16-13-12(15)6-11(18-13)8-17-7-9-2-4-10(14)5-3-9;8-7-3-1-6(5-9)2-4-7/h2-5,11-13H,6-8H2,1H3;1-4,9H,5H2/t11?,12-,13?;/m0./s1. The monoisotopic (exact) mass is 416 g/mol. The third kappa shape index (κ3) is 7.74. The Bertz CT molecular complexity index is 667. The van der Waals surface area contributed by atoms with Gasteiger partial charge in [-0.15, -0.1) is 0 Å². The van der Waals surface area contributed by atoms with Crippen LogP contribution in [0.3, 0.4) is 0 Å². The van der Waals surface area contributed by atoms with Gasteiger partial charge in [0.15, 0.2) is 12.5 Å². The van der Waals surface area contributed by atoms with E-state index in [9.17, 15) is 4.39 Å². The summed E-state index contributed by atoms with van der Waals surface area (Å²) in [5, 5.41) is 9.98. The number of halogens is 3. The molecule has 2 aromatic carbocycles. The maximum Gasteiger partial charge on any atom is 0.188 e. The van der Waals surface area contributed by atoms with Gasteiger partial charge in [-0.25, -0.2) is 4.39 Å². The zero-order valence-corrected chi connectivity index (χ0v) is 16.5. The summed E-state index contributed by atoms with van der Waals surface area (Å²) < 4.78 is 29.0. The normalized spacial score (nSPS) is 21.6. The van der Waals surface area contributed by atoms with Crippen LogP contribution in [0.2, 0.25) is 10.0 Å². The van der Waals surface area contributed by atoms with E-state index in [0.717, 1.165) is 11.1 Å². The van der Waals surface area contributed by atoms with Crippen LogP contribution in [-0.4, -0.2) is 37.4 Å². The van der Waals surface area contributed by atoms with Crippen LogP contribution in [0, 0.1) is 0 Å². The predicted molar refractivity (Wildman–Crippen MR) is 104 cm³/mol. The molecule has 1 aliphatic heterocycles. The van der Waals surface area contributed by atoms with Crippen LogP contribution in [0.15, 0.2) is 48.5 Å². The zero-order chi connectivity index (χ0) is 19.6. The van der Waals surface area contributed by atoms with Crippen molar-refractivity contribution < 1.29 is 23.7 Å². The van der Waals surface area contributed by atoms with Crippen molar-refractivity contribution in [3.63, 3.8) is 0 Å².